The van der Waals surface area contributed by atoms with Gasteiger partial charge in [-0.3, -0.25) is 14.4 Å². The van der Waals surface area contributed by atoms with E-state index in [-0.39, 0.29) is 64.0 Å². The molecule has 2 aliphatic rings. The minimum absolute atomic E-state index is 0.0256. The van der Waals surface area contributed by atoms with E-state index in [1.807, 2.05) is 35.2 Å². The van der Waals surface area contributed by atoms with Crippen LogP contribution in [0.25, 0.3) is 11.4 Å². The van der Waals surface area contributed by atoms with E-state index in [1.54, 1.807) is 6.92 Å². The summed E-state index contributed by atoms with van der Waals surface area (Å²) in [5.41, 5.74) is 0.721. The van der Waals surface area contributed by atoms with Crippen molar-refractivity contribution in [3.8, 4) is 11.4 Å². The van der Waals surface area contributed by atoms with Gasteiger partial charge in [0.05, 0.1) is 19.3 Å². The second-order valence-corrected chi connectivity index (χ2v) is 9.94. The van der Waals surface area contributed by atoms with E-state index in [9.17, 15) is 29.4 Å². The number of hydrogen-bond donors (Lipinski definition) is 3. The predicted octanol–water partition coefficient (Wildman–Crippen LogP) is 1.37. The molecular weight excluding hydrogens is 532 g/mol. The molecule has 2 fully saturated rings. The number of nitrogens with one attached hydrogen (secondary N) is 1. The van der Waals surface area contributed by atoms with Crippen molar-refractivity contribution in [1.82, 2.24) is 25.1 Å². The SMILES string of the molecule is CCOC(=O)N1CCN(C(=O)C(CCC(=O)O)NC(=O)c2cc(N3CCCC3CO)nc(-c3ccccc3)n2)CC1. The number of aromatic nitrogens is 2. The van der Waals surface area contributed by atoms with Gasteiger partial charge in [0.1, 0.15) is 17.6 Å². The van der Waals surface area contributed by atoms with Crippen molar-refractivity contribution < 1.29 is 34.1 Å². The lowest BCUT2D eigenvalue weighted by atomic mass is 10.1. The highest BCUT2D eigenvalue weighted by Crippen LogP contribution is 2.27. The summed E-state index contributed by atoms with van der Waals surface area (Å²) in [4.78, 5) is 64.5. The second kappa shape index (κ2) is 13.9. The van der Waals surface area contributed by atoms with Crippen molar-refractivity contribution in [3.05, 3.63) is 42.1 Å². The minimum Gasteiger partial charge on any atom is -0.481 e. The van der Waals surface area contributed by atoms with Gasteiger partial charge in [0.2, 0.25) is 5.91 Å². The van der Waals surface area contributed by atoms with Crippen LogP contribution in [0.15, 0.2) is 36.4 Å². The Morgan fingerprint density at radius 2 is 1.76 bits per heavy atom. The van der Waals surface area contributed by atoms with Crippen molar-refractivity contribution in [2.24, 2.45) is 0 Å². The van der Waals surface area contributed by atoms with Crippen LogP contribution >= 0.6 is 0 Å². The number of aliphatic hydroxyl groups excluding tert-OH is 1. The lowest BCUT2D eigenvalue weighted by Crippen LogP contribution is -2.56. The van der Waals surface area contributed by atoms with Gasteiger partial charge in [-0.1, -0.05) is 30.3 Å². The second-order valence-electron chi connectivity index (χ2n) is 9.94. The molecule has 4 rings (SSSR count). The van der Waals surface area contributed by atoms with Gasteiger partial charge < -0.3 is 35.0 Å². The van der Waals surface area contributed by atoms with Crippen LogP contribution in [-0.4, -0.2) is 112 Å². The van der Waals surface area contributed by atoms with E-state index in [0.29, 0.717) is 23.8 Å². The molecule has 41 heavy (non-hydrogen) atoms. The fourth-order valence-corrected chi connectivity index (χ4v) is 5.04. The number of carbonyl (C=O) groups excluding carboxylic acids is 3. The molecule has 0 saturated carbocycles. The van der Waals surface area contributed by atoms with Crippen molar-refractivity contribution in [1.29, 1.82) is 0 Å². The highest BCUT2D eigenvalue weighted by molar-refractivity contribution is 5.97. The third kappa shape index (κ3) is 7.48. The number of aliphatic hydroxyl groups is 1. The highest BCUT2D eigenvalue weighted by atomic mass is 16.6. The summed E-state index contributed by atoms with van der Waals surface area (Å²) in [6.07, 6.45) is 0.769. The molecule has 1 aromatic carbocycles. The standard InChI is InChI=1S/C28H36N6O7/c1-2-41-28(40)33-15-13-32(14-16-33)27(39)21(10-11-24(36)37)30-26(38)22-17-23(34-12-6-9-20(34)18-35)31-25(29-22)19-7-4-3-5-8-19/h3-5,7-8,17,20-21,35H,2,6,9-16,18H2,1H3,(H,30,38)(H,36,37). The number of anilines is 1. The number of hydrogen-bond acceptors (Lipinski definition) is 9. The molecule has 2 saturated heterocycles. The molecule has 2 atom stereocenters. The fraction of sp³-hybridized carbons (Fsp3) is 0.500. The predicted molar refractivity (Wildman–Crippen MR) is 148 cm³/mol. The largest absolute Gasteiger partial charge is 0.481 e. The minimum atomic E-state index is -1.11. The maximum absolute atomic E-state index is 13.5. The van der Waals surface area contributed by atoms with Gasteiger partial charge in [0, 0.05) is 50.8 Å². The maximum atomic E-state index is 13.5. The van der Waals surface area contributed by atoms with Crippen LogP contribution in [0.5, 0.6) is 0 Å². The molecule has 3 N–H and O–H groups in total. The Balaban J connectivity index is 1.56. The summed E-state index contributed by atoms with van der Waals surface area (Å²) < 4.78 is 5.02. The Morgan fingerprint density at radius 1 is 1.05 bits per heavy atom. The first kappa shape index (κ1) is 29.7. The van der Waals surface area contributed by atoms with Crippen molar-refractivity contribution in [3.63, 3.8) is 0 Å². The number of aliphatic carboxylic acids is 1. The van der Waals surface area contributed by atoms with Crippen LogP contribution in [-0.2, 0) is 14.3 Å². The monoisotopic (exact) mass is 568 g/mol. The molecular formula is C28H36N6O7. The van der Waals surface area contributed by atoms with E-state index in [2.05, 4.69) is 15.3 Å². The van der Waals surface area contributed by atoms with Crippen molar-refractivity contribution in [2.75, 3.05) is 50.8 Å². The summed E-state index contributed by atoms with van der Waals surface area (Å²) >= 11 is 0. The van der Waals surface area contributed by atoms with Crippen LogP contribution in [0.2, 0.25) is 0 Å². The number of benzene rings is 1. The zero-order valence-corrected chi connectivity index (χ0v) is 23.1. The molecule has 0 bridgehead atoms. The van der Waals surface area contributed by atoms with Gasteiger partial charge in [-0.25, -0.2) is 14.8 Å². The van der Waals surface area contributed by atoms with Gasteiger partial charge in [0.25, 0.3) is 5.91 Å². The molecule has 0 spiro atoms. The normalized spacial score (nSPS) is 17.7. The molecule has 2 aromatic rings. The van der Waals surface area contributed by atoms with Gasteiger partial charge >= 0.3 is 12.1 Å². The average Bonchev–Trinajstić information content (AvgIpc) is 3.48. The zero-order chi connectivity index (χ0) is 29.4. The fourth-order valence-electron chi connectivity index (χ4n) is 5.04. The maximum Gasteiger partial charge on any atom is 0.409 e. The van der Waals surface area contributed by atoms with E-state index >= 15 is 0 Å². The molecule has 3 amide bonds. The van der Waals surface area contributed by atoms with E-state index in [4.69, 9.17) is 4.74 Å². The Kier molecular flexibility index (Phi) is 10.1. The van der Waals surface area contributed by atoms with Crippen LogP contribution in [0.1, 0.15) is 43.1 Å². The summed E-state index contributed by atoms with van der Waals surface area (Å²) in [5, 5.41) is 21.8. The summed E-state index contributed by atoms with van der Waals surface area (Å²) in [6, 6.07) is 9.46. The Hall–Kier alpha value is -4.26. The number of carboxylic acids is 1. The highest BCUT2D eigenvalue weighted by Gasteiger charge is 2.32. The molecule has 2 unspecified atom stereocenters. The third-order valence-electron chi connectivity index (χ3n) is 7.23. The van der Waals surface area contributed by atoms with Gasteiger partial charge in [-0.05, 0) is 26.2 Å². The lowest BCUT2D eigenvalue weighted by molar-refractivity contribution is -0.138. The molecule has 1 aromatic heterocycles. The summed E-state index contributed by atoms with van der Waals surface area (Å²) in [6.45, 7) is 3.55. The van der Waals surface area contributed by atoms with E-state index < -0.39 is 29.9 Å². The van der Waals surface area contributed by atoms with E-state index in [0.717, 1.165) is 12.8 Å². The number of carbonyl (C=O) groups is 4. The smallest absolute Gasteiger partial charge is 0.409 e. The van der Waals surface area contributed by atoms with Crippen LogP contribution in [0.3, 0.4) is 0 Å². The molecule has 0 aliphatic carbocycles. The number of nitrogens with zero attached hydrogens (tertiary/aromatic N) is 5. The molecule has 2 aliphatic heterocycles. The van der Waals surface area contributed by atoms with Gasteiger partial charge in [-0.15, -0.1) is 0 Å². The quantitative estimate of drug-likeness (QED) is 0.381. The number of piperazine rings is 1. The van der Waals surface area contributed by atoms with Crippen molar-refractivity contribution in [2.45, 2.75) is 44.7 Å². The first-order valence-electron chi connectivity index (χ1n) is 13.9. The first-order valence-corrected chi connectivity index (χ1v) is 13.9. The van der Waals surface area contributed by atoms with Gasteiger partial charge in [0.15, 0.2) is 5.82 Å². The molecule has 220 valence electrons. The Bertz CT molecular complexity index is 1240. The topological polar surface area (TPSA) is 166 Å². The summed E-state index contributed by atoms with van der Waals surface area (Å²) in [5.74, 6) is -1.35. The molecule has 13 heteroatoms. The van der Waals surface area contributed by atoms with Gasteiger partial charge in [-0.2, -0.15) is 0 Å². The molecule has 13 nitrogen and oxygen atoms in total. The zero-order valence-electron chi connectivity index (χ0n) is 23.1. The molecule has 0 radical (unpaired) electrons. The average molecular weight is 569 g/mol. The van der Waals surface area contributed by atoms with Crippen LogP contribution in [0.4, 0.5) is 10.6 Å². The summed E-state index contributed by atoms with van der Waals surface area (Å²) in [7, 11) is 0. The number of amides is 3. The first-order chi connectivity index (χ1) is 19.8. The lowest BCUT2D eigenvalue weighted by Gasteiger charge is -2.36. The Morgan fingerprint density at radius 3 is 2.41 bits per heavy atom. The number of rotatable bonds is 10. The van der Waals surface area contributed by atoms with E-state index in [1.165, 1.54) is 15.9 Å². The number of ether oxygens (including phenoxy) is 1. The Labute approximate surface area is 238 Å². The van der Waals surface area contributed by atoms with Crippen LogP contribution in [0, 0.1) is 0 Å². The number of carboxylic acid groups (broad SMARTS) is 1. The molecule has 3 heterocycles. The third-order valence-corrected chi connectivity index (χ3v) is 7.23. The van der Waals surface area contributed by atoms with Crippen molar-refractivity contribution >= 4 is 29.7 Å². The van der Waals surface area contributed by atoms with Crippen LogP contribution < -0.4 is 10.2 Å².